The number of anilines is 4. The molecule has 0 atom stereocenters. The lowest BCUT2D eigenvalue weighted by atomic mass is 9.82. The molecule has 4 heterocycles. The van der Waals surface area contributed by atoms with Gasteiger partial charge < -0.3 is 29.7 Å². The second-order valence-corrected chi connectivity index (χ2v) is 12.4. The predicted molar refractivity (Wildman–Crippen MR) is 175 cm³/mol. The van der Waals surface area contributed by atoms with Crippen LogP contribution in [0.5, 0.6) is 5.75 Å². The van der Waals surface area contributed by atoms with Gasteiger partial charge in [-0.15, -0.1) is 0 Å². The lowest BCUT2D eigenvalue weighted by Gasteiger charge is -2.40. The summed E-state index contributed by atoms with van der Waals surface area (Å²) in [6, 6.07) is 13.8. The van der Waals surface area contributed by atoms with Gasteiger partial charge in [-0.3, -0.25) is 9.59 Å². The second-order valence-electron chi connectivity index (χ2n) is 12.4. The molecule has 2 amide bonds. The molecule has 2 N–H and O–H groups in total. The van der Waals surface area contributed by atoms with Crippen LogP contribution in [0.25, 0.3) is 5.82 Å². The van der Waals surface area contributed by atoms with Gasteiger partial charge in [0.15, 0.2) is 0 Å². The fourth-order valence-corrected chi connectivity index (χ4v) is 6.71. The molecule has 7 rings (SSSR count). The van der Waals surface area contributed by atoms with Crippen LogP contribution in [0.4, 0.5) is 27.4 Å². The van der Waals surface area contributed by atoms with Gasteiger partial charge in [-0.25, -0.2) is 9.37 Å². The molecule has 1 aliphatic carbocycles. The first-order chi connectivity index (χ1) is 22.3. The molecule has 0 bridgehead atoms. The van der Waals surface area contributed by atoms with Crippen LogP contribution in [0.1, 0.15) is 45.6 Å². The standard InChI is InChI=1S/C35H38FN7O3/c1-21-5-4-6-22(2)31(21)39-33(44)27-11-12-43-29(27)10-7-23-20-37-35(40-32(23)43)38-28-9-8-26(19-30(28)46-3)41-13-15-42(16-14-41)34(45)24-17-25(36)18-24/h4-6,8-9,11-12,19-20,24-25H,7,10,13-18H2,1-3H3,(H,39,44)(H,37,38,40). The van der Waals surface area contributed by atoms with Gasteiger partial charge in [0, 0.05) is 73.2 Å². The van der Waals surface area contributed by atoms with Crippen molar-refractivity contribution < 1.29 is 18.7 Å². The van der Waals surface area contributed by atoms with E-state index in [1.165, 1.54) is 0 Å². The minimum absolute atomic E-state index is 0.0830. The second kappa shape index (κ2) is 12.1. The summed E-state index contributed by atoms with van der Waals surface area (Å²) in [6.07, 6.45) is 5.07. The Hall–Kier alpha value is -4.93. The van der Waals surface area contributed by atoms with Crippen LogP contribution in [0, 0.1) is 19.8 Å². The van der Waals surface area contributed by atoms with Gasteiger partial charge >= 0.3 is 0 Å². The summed E-state index contributed by atoms with van der Waals surface area (Å²) in [7, 11) is 1.63. The quantitative estimate of drug-likeness (QED) is 0.285. The molecule has 0 spiro atoms. The SMILES string of the molecule is COc1cc(N2CCN(C(=O)C3CC(F)C3)CC2)ccc1Nc1ncc2c(n1)-n1ccc(C(=O)Nc3c(C)cccc3C)c1CC2. The number of benzene rings is 2. The number of hydrogen-bond donors (Lipinski definition) is 2. The fourth-order valence-electron chi connectivity index (χ4n) is 6.71. The van der Waals surface area contributed by atoms with E-state index in [0.717, 1.165) is 51.7 Å². The van der Waals surface area contributed by atoms with Gasteiger partial charge in [0.25, 0.3) is 5.91 Å². The fraction of sp³-hybridized carbons (Fsp3) is 0.371. The van der Waals surface area contributed by atoms with E-state index in [1.54, 1.807) is 7.11 Å². The molecule has 2 aliphatic heterocycles. The van der Waals surface area contributed by atoms with Gasteiger partial charge in [0.2, 0.25) is 11.9 Å². The molecule has 2 aromatic carbocycles. The van der Waals surface area contributed by atoms with E-state index in [2.05, 4.69) is 20.5 Å². The van der Waals surface area contributed by atoms with Crippen molar-refractivity contribution in [1.29, 1.82) is 0 Å². The summed E-state index contributed by atoms with van der Waals surface area (Å²) in [5, 5.41) is 6.43. The third-order valence-corrected chi connectivity index (χ3v) is 9.48. The number of nitrogens with zero attached hydrogens (tertiary/aromatic N) is 5. The molecule has 0 unspecified atom stereocenters. The van der Waals surface area contributed by atoms with Crippen molar-refractivity contribution in [2.75, 3.05) is 48.8 Å². The summed E-state index contributed by atoms with van der Waals surface area (Å²) < 4.78 is 21.0. The monoisotopic (exact) mass is 623 g/mol. The third-order valence-electron chi connectivity index (χ3n) is 9.48. The number of carbonyl (C=O) groups is 2. The minimum atomic E-state index is -0.826. The highest BCUT2D eigenvalue weighted by Crippen LogP contribution is 2.35. The molecular weight excluding hydrogens is 585 g/mol. The van der Waals surface area contributed by atoms with Crippen molar-refractivity contribution in [3.05, 3.63) is 82.8 Å². The molecular formula is C35H38FN7O3. The molecule has 1 saturated carbocycles. The first-order valence-electron chi connectivity index (χ1n) is 15.9. The van der Waals surface area contributed by atoms with Crippen LogP contribution in [-0.2, 0) is 17.6 Å². The number of methoxy groups -OCH3 is 1. The van der Waals surface area contributed by atoms with E-state index in [4.69, 9.17) is 9.72 Å². The van der Waals surface area contributed by atoms with Crippen LogP contribution < -0.4 is 20.3 Å². The Morgan fingerprint density at radius 1 is 1.00 bits per heavy atom. The smallest absolute Gasteiger partial charge is 0.257 e. The Labute approximate surface area is 267 Å². The topological polar surface area (TPSA) is 105 Å². The molecule has 46 heavy (non-hydrogen) atoms. The van der Waals surface area contributed by atoms with Crippen molar-refractivity contribution in [2.45, 2.75) is 45.7 Å². The Kier molecular flexibility index (Phi) is 7.84. The lowest BCUT2D eigenvalue weighted by Crippen LogP contribution is -2.52. The summed E-state index contributed by atoms with van der Waals surface area (Å²) in [4.78, 5) is 39.5. The van der Waals surface area contributed by atoms with Gasteiger partial charge in [-0.2, -0.15) is 4.98 Å². The van der Waals surface area contributed by atoms with E-state index >= 15 is 0 Å². The maximum Gasteiger partial charge on any atom is 0.257 e. The van der Waals surface area contributed by atoms with Crippen molar-refractivity contribution in [3.63, 3.8) is 0 Å². The van der Waals surface area contributed by atoms with Crippen molar-refractivity contribution in [3.8, 4) is 11.6 Å². The van der Waals surface area contributed by atoms with Crippen LogP contribution >= 0.6 is 0 Å². The van der Waals surface area contributed by atoms with Crippen molar-refractivity contribution in [1.82, 2.24) is 19.4 Å². The molecule has 3 aliphatic rings. The predicted octanol–water partition coefficient (Wildman–Crippen LogP) is 5.38. The highest BCUT2D eigenvalue weighted by molar-refractivity contribution is 6.06. The maximum absolute atomic E-state index is 13.4. The molecule has 2 aromatic heterocycles. The number of ether oxygens (including phenoxy) is 1. The highest BCUT2D eigenvalue weighted by atomic mass is 19.1. The zero-order valence-electron chi connectivity index (χ0n) is 26.3. The van der Waals surface area contributed by atoms with E-state index in [0.29, 0.717) is 62.7 Å². The zero-order chi connectivity index (χ0) is 31.9. The lowest BCUT2D eigenvalue weighted by molar-refractivity contribution is -0.140. The number of alkyl halides is 1. The van der Waals surface area contributed by atoms with E-state index in [1.807, 2.05) is 78.2 Å². The van der Waals surface area contributed by atoms with Crippen LogP contribution in [0.15, 0.2) is 54.9 Å². The summed E-state index contributed by atoms with van der Waals surface area (Å²) in [6.45, 7) is 6.62. The van der Waals surface area contributed by atoms with Crippen LogP contribution in [0.3, 0.4) is 0 Å². The number of aryl methyl sites for hydroxylation is 3. The average Bonchev–Trinajstić information content (AvgIpc) is 3.50. The number of hydrogen-bond acceptors (Lipinski definition) is 7. The Morgan fingerprint density at radius 2 is 1.76 bits per heavy atom. The summed E-state index contributed by atoms with van der Waals surface area (Å²) in [5.41, 5.74) is 7.18. The Bertz CT molecular complexity index is 1790. The molecule has 0 radical (unpaired) electrons. The molecule has 4 aromatic rings. The number of fused-ring (bicyclic) bond motifs is 3. The number of piperazine rings is 1. The number of amides is 2. The minimum Gasteiger partial charge on any atom is -0.494 e. The van der Waals surface area contributed by atoms with Gasteiger partial charge in [0.1, 0.15) is 17.7 Å². The molecule has 11 heteroatoms. The Morgan fingerprint density at radius 3 is 2.48 bits per heavy atom. The largest absolute Gasteiger partial charge is 0.494 e. The Balaban J connectivity index is 1.05. The van der Waals surface area contributed by atoms with E-state index in [9.17, 15) is 14.0 Å². The van der Waals surface area contributed by atoms with E-state index < -0.39 is 6.17 Å². The number of aromatic nitrogens is 3. The van der Waals surface area contributed by atoms with Gasteiger partial charge in [0.05, 0.1) is 18.4 Å². The van der Waals surface area contributed by atoms with Crippen LogP contribution in [-0.4, -0.2) is 70.7 Å². The van der Waals surface area contributed by atoms with Gasteiger partial charge in [-0.1, -0.05) is 18.2 Å². The van der Waals surface area contributed by atoms with Gasteiger partial charge in [-0.05, 0) is 68.9 Å². The third kappa shape index (κ3) is 5.54. The number of para-hydroxylation sites is 1. The molecule has 10 nitrogen and oxygen atoms in total. The highest BCUT2D eigenvalue weighted by Gasteiger charge is 2.37. The number of carbonyl (C=O) groups excluding carboxylic acids is 2. The summed E-state index contributed by atoms with van der Waals surface area (Å²) >= 11 is 0. The molecule has 1 saturated heterocycles. The zero-order valence-corrected chi connectivity index (χ0v) is 26.3. The molecule has 238 valence electrons. The number of halogens is 1. The summed E-state index contributed by atoms with van der Waals surface area (Å²) in [5.74, 6) is 1.61. The first kappa shape index (κ1) is 29.8. The van der Waals surface area contributed by atoms with E-state index in [-0.39, 0.29) is 17.7 Å². The van der Waals surface area contributed by atoms with Crippen molar-refractivity contribution in [2.24, 2.45) is 5.92 Å². The molecule has 2 fully saturated rings. The number of rotatable bonds is 7. The normalized spacial score (nSPS) is 18.7. The van der Waals surface area contributed by atoms with Crippen molar-refractivity contribution >= 4 is 34.8 Å². The van der Waals surface area contributed by atoms with Crippen LogP contribution in [0.2, 0.25) is 0 Å². The number of nitrogens with one attached hydrogen (secondary N) is 2. The maximum atomic E-state index is 13.4. The first-order valence-corrected chi connectivity index (χ1v) is 15.9. The average molecular weight is 624 g/mol.